The van der Waals surface area contributed by atoms with E-state index in [2.05, 4.69) is 0 Å². The molecule has 4 nitrogen and oxygen atoms in total. The van der Waals surface area contributed by atoms with Gasteiger partial charge in [-0.1, -0.05) is 12.1 Å². The molecule has 66 valence electrons. The van der Waals surface area contributed by atoms with E-state index in [-0.39, 0.29) is 5.75 Å². The zero-order valence-corrected chi connectivity index (χ0v) is 6.60. The molecule has 1 aromatic carbocycles. The maximum absolute atomic E-state index is 10.9. The van der Waals surface area contributed by atoms with Crippen molar-refractivity contribution in [3.8, 4) is 5.75 Å². The molecule has 1 N–H and O–H groups in total. The molecule has 0 saturated heterocycles. The molecular weight excluding hydrogens is 170 g/mol. The number of aromatic nitrogens is 1. The van der Waals surface area contributed by atoms with Gasteiger partial charge in [-0.3, -0.25) is 4.57 Å². The number of nitrogens with zero attached hydrogens (tertiary/aromatic N) is 1. The monoisotopic (exact) mass is 176 g/mol. The summed E-state index contributed by atoms with van der Waals surface area (Å²) in [5.74, 6) is -0.115. The van der Waals surface area contributed by atoms with Crippen molar-refractivity contribution >= 4 is 17.0 Å². The number of rotatable bonds is 0. The van der Waals surface area contributed by atoms with Gasteiger partial charge in [-0.15, -0.1) is 5.75 Å². The van der Waals surface area contributed by atoms with E-state index in [0.29, 0.717) is 10.9 Å². The van der Waals surface area contributed by atoms with Gasteiger partial charge in [0, 0.05) is 6.20 Å². The SMILES string of the molecule is O=C(O)n1ccc2cc([O-])ccc21. The van der Waals surface area contributed by atoms with Crippen LogP contribution in [0.4, 0.5) is 4.79 Å². The molecule has 0 aliphatic rings. The van der Waals surface area contributed by atoms with E-state index in [1.807, 2.05) is 0 Å². The second kappa shape index (κ2) is 2.52. The smallest absolute Gasteiger partial charge is 0.415 e. The molecule has 0 unspecified atom stereocenters. The topological polar surface area (TPSA) is 65.3 Å². The van der Waals surface area contributed by atoms with E-state index >= 15 is 0 Å². The van der Waals surface area contributed by atoms with Crippen molar-refractivity contribution in [3.63, 3.8) is 0 Å². The molecule has 0 aliphatic carbocycles. The highest BCUT2D eigenvalue weighted by Crippen LogP contribution is 2.18. The van der Waals surface area contributed by atoms with Crippen molar-refractivity contribution in [1.29, 1.82) is 0 Å². The van der Waals surface area contributed by atoms with E-state index in [1.165, 1.54) is 24.4 Å². The van der Waals surface area contributed by atoms with Crippen molar-refractivity contribution < 1.29 is 15.0 Å². The van der Waals surface area contributed by atoms with Crippen LogP contribution in [-0.4, -0.2) is 15.8 Å². The molecule has 1 aromatic heterocycles. The molecule has 0 aliphatic heterocycles. The predicted molar refractivity (Wildman–Crippen MR) is 44.8 cm³/mol. The fourth-order valence-electron chi connectivity index (χ4n) is 1.29. The third kappa shape index (κ3) is 1.12. The zero-order chi connectivity index (χ0) is 9.42. The summed E-state index contributed by atoms with van der Waals surface area (Å²) in [6.45, 7) is 0. The standard InChI is InChI=1S/C9H7NO3/c11-7-1-2-8-6(5-7)3-4-10(8)9(12)13/h1-5,11H,(H,12,13)/p-1. The van der Waals surface area contributed by atoms with Crippen LogP contribution in [0.15, 0.2) is 30.5 Å². The summed E-state index contributed by atoms with van der Waals surface area (Å²) in [6, 6.07) is 5.87. The number of hydrogen-bond donors (Lipinski definition) is 1. The Kier molecular flexibility index (Phi) is 1.48. The van der Waals surface area contributed by atoms with Crippen LogP contribution in [0.25, 0.3) is 10.9 Å². The Balaban J connectivity index is 2.76. The predicted octanol–water partition coefficient (Wildman–Crippen LogP) is 1.24. The first kappa shape index (κ1) is 7.67. The van der Waals surface area contributed by atoms with Crippen molar-refractivity contribution in [2.45, 2.75) is 0 Å². The van der Waals surface area contributed by atoms with Crippen LogP contribution in [0, 0.1) is 0 Å². The Hall–Kier alpha value is -1.97. The number of benzene rings is 1. The molecule has 2 rings (SSSR count). The molecule has 0 spiro atoms. The molecule has 0 saturated carbocycles. The molecule has 1 heterocycles. The minimum atomic E-state index is -1.05. The van der Waals surface area contributed by atoms with Gasteiger partial charge in [0.2, 0.25) is 0 Å². The van der Waals surface area contributed by atoms with E-state index < -0.39 is 6.09 Å². The third-order valence-corrected chi connectivity index (χ3v) is 1.87. The molecular formula is C9H6NO3-. The Morgan fingerprint density at radius 2 is 2.15 bits per heavy atom. The maximum Gasteiger partial charge on any atom is 0.415 e. The van der Waals surface area contributed by atoms with E-state index in [4.69, 9.17) is 5.11 Å². The van der Waals surface area contributed by atoms with Crippen LogP contribution >= 0.6 is 0 Å². The molecule has 0 bridgehead atoms. The molecule has 0 atom stereocenters. The number of fused-ring (bicyclic) bond motifs is 1. The molecule has 4 heteroatoms. The number of hydrogen-bond acceptors (Lipinski definition) is 2. The summed E-state index contributed by atoms with van der Waals surface area (Å²) < 4.78 is 1.08. The van der Waals surface area contributed by atoms with Crippen LogP contribution in [-0.2, 0) is 0 Å². The summed E-state index contributed by atoms with van der Waals surface area (Å²) in [7, 11) is 0. The van der Waals surface area contributed by atoms with Crippen LogP contribution in [0.5, 0.6) is 5.75 Å². The lowest BCUT2D eigenvalue weighted by Gasteiger charge is -2.04. The summed E-state index contributed by atoms with van der Waals surface area (Å²) in [5.41, 5.74) is 0.534. The van der Waals surface area contributed by atoms with Gasteiger partial charge in [-0.25, -0.2) is 4.79 Å². The van der Waals surface area contributed by atoms with Crippen molar-refractivity contribution in [3.05, 3.63) is 30.5 Å². The second-order valence-corrected chi connectivity index (χ2v) is 2.69. The minimum Gasteiger partial charge on any atom is -0.872 e. The van der Waals surface area contributed by atoms with Crippen LogP contribution < -0.4 is 5.11 Å². The fraction of sp³-hybridized carbons (Fsp3) is 0. The Morgan fingerprint density at radius 1 is 1.38 bits per heavy atom. The third-order valence-electron chi connectivity index (χ3n) is 1.87. The molecule has 0 radical (unpaired) electrons. The highest BCUT2D eigenvalue weighted by atomic mass is 16.4. The average Bonchev–Trinajstić information content (AvgIpc) is 2.46. The lowest BCUT2D eigenvalue weighted by atomic mass is 10.2. The largest absolute Gasteiger partial charge is 0.872 e. The van der Waals surface area contributed by atoms with Crippen LogP contribution in [0.3, 0.4) is 0 Å². The van der Waals surface area contributed by atoms with E-state index in [9.17, 15) is 9.90 Å². The van der Waals surface area contributed by atoms with E-state index in [0.717, 1.165) is 4.57 Å². The first-order valence-electron chi connectivity index (χ1n) is 3.70. The van der Waals surface area contributed by atoms with Gasteiger partial charge in [0.15, 0.2) is 0 Å². The Labute approximate surface area is 73.6 Å². The summed E-state index contributed by atoms with van der Waals surface area (Å²) >= 11 is 0. The molecule has 0 fully saturated rings. The van der Waals surface area contributed by atoms with Gasteiger partial charge in [-0.05, 0) is 17.5 Å². The molecule has 13 heavy (non-hydrogen) atoms. The summed E-state index contributed by atoms with van der Waals surface area (Å²) in [4.78, 5) is 10.6. The normalized spacial score (nSPS) is 10.5. The van der Waals surface area contributed by atoms with Gasteiger partial charge >= 0.3 is 6.09 Å². The number of carbonyl (C=O) groups is 1. The van der Waals surface area contributed by atoms with Gasteiger partial charge in [-0.2, -0.15) is 0 Å². The lowest BCUT2D eigenvalue weighted by molar-refractivity contribution is -0.268. The van der Waals surface area contributed by atoms with Crippen molar-refractivity contribution in [2.75, 3.05) is 0 Å². The molecule has 0 amide bonds. The lowest BCUT2D eigenvalue weighted by Crippen LogP contribution is -2.05. The second-order valence-electron chi connectivity index (χ2n) is 2.69. The van der Waals surface area contributed by atoms with Crippen LogP contribution in [0.1, 0.15) is 0 Å². The summed E-state index contributed by atoms with van der Waals surface area (Å²) in [6.07, 6.45) is 0.376. The highest BCUT2D eigenvalue weighted by molar-refractivity contribution is 5.89. The number of carboxylic acid groups (broad SMARTS) is 1. The highest BCUT2D eigenvalue weighted by Gasteiger charge is 2.04. The quantitative estimate of drug-likeness (QED) is 0.656. The average molecular weight is 176 g/mol. The van der Waals surface area contributed by atoms with Gasteiger partial charge < -0.3 is 10.2 Å². The maximum atomic E-state index is 10.9. The fourth-order valence-corrected chi connectivity index (χ4v) is 1.29. The minimum absolute atomic E-state index is 0.115. The Bertz CT molecular complexity index is 473. The zero-order valence-electron chi connectivity index (χ0n) is 6.60. The van der Waals surface area contributed by atoms with Gasteiger partial charge in [0.05, 0.1) is 5.52 Å². The van der Waals surface area contributed by atoms with Crippen molar-refractivity contribution in [2.24, 2.45) is 0 Å². The van der Waals surface area contributed by atoms with Crippen LogP contribution in [0.2, 0.25) is 0 Å². The molecule has 2 aromatic rings. The summed E-state index contributed by atoms with van der Waals surface area (Å²) in [5, 5.41) is 20.3. The van der Waals surface area contributed by atoms with Gasteiger partial charge in [0.25, 0.3) is 0 Å². The van der Waals surface area contributed by atoms with Crippen molar-refractivity contribution in [1.82, 2.24) is 4.57 Å². The van der Waals surface area contributed by atoms with E-state index in [1.54, 1.807) is 6.07 Å². The van der Waals surface area contributed by atoms with Gasteiger partial charge in [0.1, 0.15) is 0 Å². The first-order valence-corrected chi connectivity index (χ1v) is 3.70. The Morgan fingerprint density at radius 3 is 2.85 bits per heavy atom. The first-order chi connectivity index (χ1) is 6.18.